The molecule has 14 heavy (non-hydrogen) atoms. The number of hydrogen-bond acceptors (Lipinski definition) is 3. The molecule has 1 aliphatic heterocycles. The SMILES string of the molecule is Cc1ncccc1CNC1CN(C)C1. The number of aromatic nitrogens is 1. The Bertz CT molecular complexity index is 305. The third-order valence-corrected chi connectivity index (χ3v) is 2.76. The van der Waals surface area contributed by atoms with Gasteiger partial charge >= 0.3 is 0 Å². The van der Waals surface area contributed by atoms with Crippen LogP contribution in [-0.4, -0.2) is 36.1 Å². The van der Waals surface area contributed by atoms with Crippen LogP contribution in [-0.2, 0) is 6.54 Å². The number of nitrogens with one attached hydrogen (secondary N) is 1. The molecule has 0 radical (unpaired) electrons. The summed E-state index contributed by atoms with van der Waals surface area (Å²) in [5.74, 6) is 0. The zero-order valence-electron chi connectivity index (χ0n) is 8.83. The van der Waals surface area contributed by atoms with Gasteiger partial charge in [0.15, 0.2) is 0 Å². The highest BCUT2D eigenvalue weighted by Crippen LogP contribution is 2.07. The van der Waals surface area contributed by atoms with Gasteiger partial charge in [0.1, 0.15) is 0 Å². The number of hydrogen-bond donors (Lipinski definition) is 1. The van der Waals surface area contributed by atoms with Crippen molar-refractivity contribution in [2.45, 2.75) is 19.5 Å². The summed E-state index contributed by atoms with van der Waals surface area (Å²) in [7, 11) is 2.15. The first-order valence-corrected chi connectivity index (χ1v) is 5.08. The quantitative estimate of drug-likeness (QED) is 0.765. The molecule has 1 fully saturated rings. The van der Waals surface area contributed by atoms with Crippen molar-refractivity contribution in [3.8, 4) is 0 Å². The van der Waals surface area contributed by atoms with Gasteiger partial charge in [-0.25, -0.2) is 0 Å². The van der Waals surface area contributed by atoms with Gasteiger partial charge in [0.2, 0.25) is 0 Å². The molecule has 0 aliphatic carbocycles. The maximum Gasteiger partial charge on any atom is 0.0417 e. The van der Waals surface area contributed by atoms with Crippen LogP contribution in [0.5, 0.6) is 0 Å². The molecule has 2 heterocycles. The van der Waals surface area contributed by atoms with Crippen molar-refractivity contribution < 1.29 is 0 Å². The van der Waals surface area contributed by atoms with E-state index in [1.807, 2.05) is 12.3 Å². The van der Waals surface area contributed by atoms with E-state index >= 15 is 0 Å². The Morgan fingerprint density at radius 3 is 3.00 bits per heavy atom. The molecular weight excluding hydrogens is 174 g/mol. The molecule has 3 nitrogen and oxygen atoms in total. The van der Waals surface area contributed by atoms with Crippen LogP contribution < -0.4 is 5.32 Å². The Morgan fingerprint density at radius 2 is 2.36 bits per heavy atom. The van der Waals surface area contributed by atoms with Crippen molar-refractivity contribution in [1.29, 1.82) is 0 Å². The van der Waals surface area contributed by atoms with Gasteiger partial charge in [-0.15, -0.1) is 0 Å². The lowest BCUT2D eigenvalue weighted by Crippen LogP contribution is -2.55. The van der Waals surface area contributed by atoms with E-state index in [1.54, 1.807) is 0 Å². The lowest BCUT2D eigenvalue weighted by Gasteiger charge is -2.36. The van der Waals surface area contributed by atoms with Gasteiger partial charge in [-0.05, 0) is 25.6 Å². The van der Waals surface area contributed by atoms with E-state index in [9.17, 15) is 0 Å². The summed E-state index contributed by atoms with van der Waals surface area (Å²) in [6.45, 7) is 5.33. The summed E-state index contributed by atoms with van der Waals surface area (Å²) in [6, 6.07) is 4.80. The molecule has 1 aliphatic rings. The van der Waals surface area contributed by atoms with E-state index in [1.165, 1.54) is 18.7 Å². The van der Waals surface area contributed by atoms with Gasteiger partial charge in [0.25, 0.3) is 0 Å². The molecule has 1 aromatic heterocycles. The van der Waals surface area contributed by atoms with Gasteiger partial charge in [-0.3, -0.25) is 4.98 Å². The number of rotatable bonds is 3. The second-order valence-corrected chi connectivity index (χ2v) is 4.05. The number of pyridine rings is 1. The minimum atomic E-state index is 0.666. The van der Waals surface area contributed by atoms with Crippen molar-refractivity contribution in [3.05, 3.63) is 29.6 Å². The molecule has 0 aromatic carbocycles. The highest BCUT2D eigenvalue weighted by atomic mass is 15.2. The van der Waals surface area contributed by atoms with Gasteiger partial charge in [0, 0.05) is 37.6 Å². The fourth-order valence-electron chi connectivity index (χ4n) is 1.79. The number of likely N-dealkylation sites (tertiary alicyclic amines) is 1. The lowest BCUT2D eigenvalue weighted by molar-refractivity contribution is 0.161. The van der Waals surface area contributed by atoms with Gasteiger partial charge < -0.3 is 10.2 Å². The Morgan fingerprint density at radius 1 is 1.57 bits per heavy atom. The molecule has 1 aromatic rings. The van der Waals surface area contributed by atoms with Crippen molar-refractivity contribution >= 4 is 0 Å². The Balaban J connectivity index is 1.83. The Labute approximate surface area is 85.1 Å². The topological polar surface area (TPSA) is 28.2 Å². The first-order valence-electron chi connectivity index (χ1n) is 5.08. The predicted molar refractivity (Wildman–Crippen MR) is 57.1 cm³/mol. The predicted octanol–water partition coefficient (Wildman–Crippen LogP) is 0.794. The number of nitrogens with zero attached hydrogens (tertiary/aromatic N) is 2. The summed E-state index contributed by atoms with van der Waals surface area (Å²) < 4.78 is 0. The van der Waals surface area contributed by atoms with Crippen molar-refractivity contribution in [2.24, 2.45) is 0 Å². The average Bonchev–Trinajstić information content (AvgIpc) is 2.13. The van der Waals surface area contributed by atoms with E-state index in [0.29, 0.717) is 6.04 Å². The molecule has 0 saturated carbocycles. The second-order valence-electron chi connectivity index (χ2n) is 4.05. The van der Waals surface area contributed by atoms with Crippen LogP contribution in [0.2, 0.25) is 0 Å². The average molecular weight is 191 g/mol. The standard InChI is InChI=1S/C11H17N3/c1-9-10(4-3-5-12-9)6-13-11-7-14(2)8-11/h3-5,11,13H,6-8H2,1-2H3. The maximum absolute atomic E-state index is 4.27. The van der Waals surface area contributed by atoms with Crippen molar-refractivity contribution in [3.63, 3.8) is 0 Å². The molecule has 0 amide bonds. The summed E-state index contributed by atoms with van der Waals surface area (Å²) in [6.07, 6.45) is 1.84. The van der Waals surface area contributed by atoms with Crippen LogP contribution in [0, 0.1) is 6.92 Å². The monoisotopic (exact) mass is 191 g/mol. The Hall–Kier alpha value is -0.930. The first kappa shape index (κ1) is 9.62. The normalized spacial score (nSPS) is 18.1. The van der Waals surface area contributed by atoms with Crippen LogP contribution >= 0.6 is 0 Å². The minimum Gasteiger partial charge on any atom is -0.307 e. The zero-order chi connectivity index (χ0) is 9.97. The smallest absolute Gasteiger partial charge is 0.0417 e. The fourth-order valence-corrected chi connectivity index (χ4v) is 1.79. The molecule has 0 atom stereocenters. The van der Waals surface area contributed by atoms with Crippen LogP contribution in [0.3, 0.4) is 0 Å². The molecule has 1 saturated heterocycles. The minimum absolute atomic E-state index is 0.666. The van der Waals surface area contributed by atoms with E-state index in [0.717, 1.165) is 12.2 Å². The fraction of sp³-hybridized carbons (Fsp3) is 0.545. The van der Waals surface area contributed by atoms with E-state index < -0.39 is 0 Å². The van der Waals surface area contributed by atoms with Crippen molar-refractivity contribution in [2.75, 3.05) is 20.1 Å². The summed E-state index contributed by atoms with van der Waals surface area (Å²) in [5, 5.41) is 3.52. The summed E-state index contributed by atoms with van der Waals surface area (Å²) in [4.78, 5) is 6.58. The van der Waals surface area contributed by atoms with E-state index in [4.69, 9.17) is 0 Å². The highest BCUT2D eigenvalue weighted by molar-refractivity contribution is 5.18. The number of likely N-dealkylation sites (N-methyl/N-ethyl adjacent to an activating group) is 1. The van der Waals surface area contributed by atoms with Crippen molar-refractivity contribution in [1.82, 2.24) is 15.2 Å². The summed E-state index contributed by atoms with van der Waals surface area (Å²) >= 11 is 0. The molecule has 3 heteroatoms. The molecule has 0 spiro atoms. The third-order valence-electron chi connectivity index (χ3n) is 2.76. The first-order chi connectivity index (χ1) is 6.75. The molecule has 0 bridgehead atoms. The van der Waals surface area contributed by atoms with Gasteiger partial charge in [-0.1, -0.05) is 6.07 Å². The molecule has 0 unspecified atom stereocenters. The molecule has 1 N–H and O–H groups in total. The van der Waals surface area contributed by atoms with Gasteiger partial charge in [-0.2, -0.15) is 0 Å². The van der Waals surface area contributed by atoms with Crippen LogP contribution in [0.25, 0.3) is 0 Å². The highest BCUT2D eigenvalue weighted by Gasteiger charge is 2.21. The van der Waals surface area contributed by atoms with Gasteiger partial charge in [0.05, 0.1) is 0 Å². The molecular formula is C11H17N3. The molecule has 2 rings (SSSR count). The largest absolute Gasteiger partial charge is 0.307 e. The van der Waals surface area contributed by atoms with Crippen LogP contribution in [0.1, 0.15) is 11.3 Å². The van der Waals surface area contributed by atoms with E-state index in [2.05, 4.69) is 35.2 Å². The molecule has 76 valence electrons. The maximum atomic E-state index is 4.27. The third kappa shape index (κ3) is 2.11. The number of aryl methyl sites for hydroxylation is 1. The lowest BCUT2D eigenvalue weighted by atomic mass is 10.1. The summed E-state index contributed by atoms with van der Waals surface area (Å²) in [5.41, 5.74) is 2.44. The zero-order valence-corrected chi connectivity index (χ0v) is 8.83. The second kappa shape index (κ2) is 4.07. The van der Waals surface area contributed by atoms with Crippen LogP contribution in [0.4, 0.5) is 0 Å². The Kier molecular flexibility index (Phi) is 2.79. The van der Waals surface area contributed by atoms with E-state index in [-0.39, 0.29) is 0 Å². The van der Waals surface area contributed by atoms with Crippen LogP contribution in [0.15, 0.2) is 18.3 Å².